The maximum Gasteiger partial charge on any atom is 0.0443 e. The maximum atomic E-state index is 4.20. The Labute approximate surface area is 99.2 Å². The summed E-state index contributed by atoms with van der Waals surface area (Å²) in [6, 6.07) is 10.3. The molecule has 16 heavy (non-hydrogen) atoms. The van der Waals surface area contributed by atoms with Crippen LogP contribution in [0.1, 0.15) is 26.3 Å². The van der Waals surface area contributed by atoms with Crippen LogP contribution in [-0.4, -0.2) is 5.71 Å². The molecule has 1 rings (SSSR count). The minimum Gasteiger partial charge on any atom is -0.262 e. The fourth-order valence-corrected chi connectivity index (χ4v) is 1.26. The van der Waals surface area contributed by atoms with Crippen LogP contribution in [0.3, 0.4) is 0 Å². The van der Waals surface area contributed by atoms with Crippen LogP contribution in [0.25, 0.3) is 0 Å². The molecule has 0 atom stereocenters. The van der Waals surface area contributed by atoms with Crippen molar-refractivity contribution in [2.24, 2.45) is 4.99 Å². The molecule has 0 saturated heterocycles. The largest absolute Gasteiger partial charge is 0.262 e. The molecule has 0 bridgehead atoms. The molecule has 1 nitrogen and oxygen atoms in total. The molecule has 0 saturated carbocycles. The van der Waals surface area contributed by atoms with E-state index in [2.05, 4.69) is 23.7 Å². The first-order valence-electron chi connectivity index (χ1n) is 5.71. The van der Waals surface area contributed by atoms with E-state index in [0.29, 0.717) is 0 Å². The average molecular weight is 215 g/mol. The summed E-state index contributed by atoms with van der Waals surface area (Å²) in [6.45, 7) is 9.59. The minimum atomic E-state index is 0.858. The number of benzene rings is 1. The zero-order valence-electron chi connectivity index (χ0n) is 10.5. The molecule has 0 amide bonds. The highest BCUT2D eigenvalue weighted by Crippen LogP contribution is 2.02. The van der Waals surface area contributed by atoms with Gasteiger partial charge in [-0.25, -0.2) is 0 Å². The molecule has 0 N–H and O–H groups in total. The van der Waals surface area contributed by atoms with Gasteiger partial charge in [-0.1, -0.05) is 56.8 Å². The lowest BCUT2D eigenvalue weighted by Gasteiger charge is -2.00. The molecular weight excluding hydrogens is 194 g/mol. The third kappa shape index (κ3) is 5.97. The monoisotopic (exact) mass is 215 g/mol. The van der Waals surface area contributed by atoms with Crippen molar-refractivity contribution in [3.05, 3.63) is 60.8 Å². The van der Waals surface area contributed by atoms with Crippen molar-refractivity contribution in [1.29, 1.82) is 0 Å². The Kier molecular flexibility index (Phi) is 8.90. The van der Waals surface area contributed by atoms with Gasteiger partial charge in [-0.15, -0.1) is 0 Å². The molecule has 0 spiro atoms. The lowest BCUT2D eigenvalue weighted by atomic mass is 10.1. The first-order valence-corrected chi connectivity index (χ1v) is 5.71. The summed E-state index contributed by atoms with van der Waals surface area (Å²) in [4.78, 5) is 4.20. The first kappa shape index (κ1) is 14.4. The van der Waals surface area contributed by atoms with Crippen LogP contribution in [0.5, 0.6) is 0 Å². The highest BCUT2D eigenvalue weighted by molar-refractivity contribution is 5.96. The fraction of sp³-hybridized carbons (Fsp3) is 0.267. The van der Waals surface area contributed by atoms with E-state index in [0.717, 1.165) is 12.1 Å². The van der Waals surface area contributed by atoms with Gasteiger partial charge in [-0.3, -0.25) is 4.99 Å². The van der Waals surface area contributed by atoms with Crippen LogP contribution in [0.4, 0.5) is 0 Å². The van der Waals surface area contributed by atoms with Gasteiger partial charge in [0.05, 0.1) is 0 Å². The van der Waals surface area contributed by atoms with Gasteiger partial charge in [0.2, 0.25) is 0 Å². The van der Waals surface area contributed by atoms with Crippen molar-refractivity contribution >= 4 is 5.71 Å². The molecule has 0 aromatic heterocycles. The van der Waals surface area contributed by atoms with Gasteiger partial charge in [0, 0.05) is 18.3 Å². The van der Waals surface area contributed by atoms with Crippen LogP contribution in [0.2, 0.25) is 0 Å². The van der Waals surface area contributed by atoms with Gasteiger partial charge in [0.1, 0.15) is 0 Å². The topological polar surface area (TPSA) is 12.4 Å². The zero-order chi connectivity index (χ0) is 12.2. The zero-order valence-corrected chi connectivity index (χ0v) is 10.5. The molecule has 0 heterocycles. The molecule has 0 unspecified atom stereocenters. The lowest BCUT2D eigenvalue weighted by Crippen LogP contribution is -1.98. The molecule has 1 heteroatoms. The van der Waals surface area contributed by atoms with Gasteiger partial charge in [0.25, 0.3) is 0 Å². The molecule has 1 aromatic carbocycles. The summed E-state index contributed by atoms with van der Waals surface area (Å²) >= 11 is 0. The maximum absolute atomic E-state index is 4.20. The predicted molar refractivity (Wildman–Crippen MR) is 73.9 cm³/mol. The first-order chi connectivity index (χ1) is 7.86. The smallest absolute Gasteiger partial charge is 0.0443 e. The van der Waals surface area contributed by atoms with E-state index in [1.54, 1.807) is 6.20 Å². The second kappa shape index (κ2) is 9.91. The van der Waals surface area contributed by atoms with Crippen LogP contribution in [-0.2, 0) is 6.42 Å². The average Bonchev–Trinajstić information content (AvgIpc) is 2.34. The number of nitrogens with zero attached hydrogens (tertiary/aromatic N) is 1. The molecule has 0 aliphatic carbocycles. The normalized spacial score (nSPS) is 10.8. The van der Waals surface area contributed by atoms with Crippen molar-refractivity contribution in [1.82, 2.24) is 0 Å². The second-order valence-electron chi connectivity index (χ2n) is 2.97. The van der Waals surface area contributed by atoms with E-state index in [1.165, 1.54) is 5.56 Å². The van der Waals surface area contributed by atoms with E-state index >= 15 is 0 Å². The number of hydrogen-bond acceptors (Lipinski definition) is 1. The highest BCUT2D eigenvalue weighted by atomic mass is 14.7. The van der Waals surface area contributed by atoms with E-state index in [9.17, 15) is 0 Å². The third-order valence-electron chi connectivity index (χ3n) is 1.84. The predicted octanol–water partition coefficient (Wildman–Crippen LogP) is 4.42. The minimum absolute atomic E-state index is 0.858. The molecule has 0 aliphatic rings. The molecular formula is C15H21N. The molecule has 0 aliphatic heterocycles. The molecule has 0 fully saturated rings. The SMILES string of the molecule is C=CN=C(/C=C\C)Cc1ccccc1.CC. The Morgan fingerprint density at radius 2 is 1.88 bits per heavy atom. The van der Waals surface area contributed by atoms with E-state index < -0.39 is 0 Å². The van der Waals surface area contributed by atoms with Gasteiger partial charge < -0.3 is 0 Å². The number of rotatable bonds is 4. The van der Waals surface area contributed by atoms with E-state index in [-0.39, 0.29) is 0 Å². The summed E-state index contributed by atoms with van der Waals surface area (Å²) in [5, 5.41) is 0. The van der Waals surface area contributed by atoms with Crippen molar-refractivity contribution in [2.75, 3.05) is 0 Å². The van der Waals surface area contributed by atoms with Gasteiger partial charge >= 0.3 is 0 Å². The Balaban J connectivity index is 0.00000106. The highest BCUT2D eigenvalue weighted by Gasteiger charge is 1.95. The van der Waals surface area contributed by atoms with E-state index in [1.807, 2.05) is 51.1 Å². The van der Waals surface area contributed by atoms with Crippen molar-refractivity contribution in [3.8, 4) is 0 Å². The third-order valence-corrected chi connectivity index (χ3v) is 1.84. The Hall–Kier alpha value is -1.63. The Morgan fingerprint density at radius 1 is 1.25 bits per heavy atom. The van der Waals surface area contributed by atoms with Crippen LogP contribution in [0.15, 0.2) is 60.3 Å². The quantitative estimate of drug-likeness (QED) is 0.659. The van der Waals surface area contributed by atoms with Gasteiger partial charge in [0.15, 0.2) is 0 Å². The van der Waals surface area contributed by atoms with Crippen LogP contribution < -0.4 is 0 Å². The summed E-state index contributed by atoms with van der Waals surface area (Å²) < 4.78 is 0. The van der Waals surface area contributed by atoms with Crippen LogP contribution >= 0.6 is 0 Å². The van der Waals surface area contributed by atoms with Gasteiger partial charge in [-0.2, -0.15) is 0 Å². The van der Waals surface area contributed by atoms with Crippen LogP contribution in [0, 0.1) is 0 Å². The van der Waals surface area contributed by atoms with Crippen molar-refractivity contribution in [3.63, 3.8) is 0 Å². The summed E-state index contributed by atoms with van der Waals surface area (Å²) in [5.74, 6) is 0. The van der Waals surface area contributed by atoms with Crippen molar-refractivity contribution < 1.29 is 0 Å². The summed E-state index contributed by atoms with van der Waals surface area (Å²) in [7, 11) is 0. The summed E-state index contributed by atoms with van der Waals surface area (Å²) in [6.07, 6.45) is 6.44. The molecule has 0 radical (unpaired) electrons. The Morgan fingerprint density at radius 3 is 2.38 bits per heavy atom. The fourth-order valence-electron chi connectivity index (χ4n) is 1.26. The standard InChI is InChI=1S/C13H15N.C2H6/c1-3-8-13(14-4-2)11-12-9-6-5-7-10-12;1-2/h3-10H,2,11H2,1H3;1-2H3/b8-3-,14-13?;. The second-order valence-corrected chi connectivity index (χ2v) is 2.97. The van der Waals surface area contributed by atoms with Crippen molar-refractivity contribution in [2.45, 2.75) is 27.2 Å². The number of allylic oxidation sites excluding steroid dienone is 2. The molecule has 1 aromatic rings. The van der Waals surface area contributed by atoms with Gasteiger partial charge in [-0.05, 0) is 18.6 Å². The number of aliphatic imine (C=N–C) groups is 1. The summed E-state index contributed by atoms with van der Waals surface area (Å²) in [5.41, 5.74) is 2.31. The van der Waals surface area contributed by atoms with E-state index in [4.69, 9.17) is 0 Å². The number of hydrogen-bond donors (Lipinski definition) is 0. The lowest BCUT2D eigenvalue weighted by molar-refractivity contribution is 1.31. The molecule has 86 valence electrons. The Bertz CT molecular complexity index is 334.